The first-order valence-electron chi connectivity index (χ1n) is 5.64. The number of hydrogen-bond donors (Lipinski definition) is 0. The van der Waals surface area contributed by atoms with Crippen LogP contribution in [-0.4, -0.2) is 4.92 Å². The lowest BCUT2D eigenvalue weighted by atomic mass is 10.2. The molecule has 0 heterocycles. The Morgan fingerprint density at radius 2 is 2.10 bits per heavy atom. The second kappa shape index (κ2) is 5.72. The number of ether oxygens (including phenoxy) is 1. The number of benzene rings is 2. The van der Waals surface area contributed by atoms with Gasteiger partial charge < -0.3 is 4.74 Å². The highest BCUT2D eigenvalue weighted by molar-refractivity contribution is 9.10. The van der Waals surface area contributed by atoms with E-state index in [0.29, 0.717) is 11.1 Å². The highest BCUT2D eigenvalue weighted by Crippen LogP contribution is 2.36. The lowest BCUT2D eigenvalue weighted by molar-refractivity contribution is -0.385. The highest BCUT2D eigenvalue weighted by atomic mass is 79.9. The fraction of sp³-hybridized carbons (Fsp3) is 0.0714. The fourth-order valence-corrected chi connectivity index (χ4v) is 2.04. The number of nitro benzene ring substituents is 1. The minimum Gasteiger partial charge on any atom is -0.448 e. The molecule has 0 aliphatic rings. The summed E-state index contributed by atoms with van der Waals surface area (Å²) in [6, 6.07) is 11.6. The summed E-state index contributed by atoms with van der Waals surface area (Å²) in [7, 11) is 0. The van der Waals surface area contributed by atoms with E-state index in [1.54, 1.807) is 37.3 Å². The zero-order chi connectivity index (χ0) is 14.7. The molecule has 0 saturated heterocycles. The van der Waals surface area contributed by atoms with Gasteiger partial charge in [0.2, 0.25) is 5.75 Å². The molecule has 2 rings (SSSR count). The van der Waals surface area contributed by atoms with E-state index in [0.717, 1.165) is 4.47 Å². The molecular formula is C14H9BrN2O3. The molecule has 6 heteroatoms. The number of aryl methyl sites for hydroxylation is 1. The molecule has 2 aromatic rings. The van der Waals surface area contributed by atoms with Crippen molar-refractivity contribution in [1.29, 1.82) is 5.26 Å². The smallest absolute Gasteiger partial charge is 0.311 e. The van der Waals surface area contributed by atoms with Crippen molar-refractivity contribution in [2.75, 3.05) is 0 Å². The Morgan fingerprint density at radius 3 is 2.75 bits per heavy atom. The summed E-state index contributed by atoms with van der Waals surface area (Å²) in [6.07, 6.45) is 0. The van der Waals surface area contributed by atoms with Gasteiger partial charge in [0.15, 0.2) is 0 Å². The van der Waals surface area contributed by atoms with Crippen LogP contribution in [0, 0.1) is 28.4 Å². The van der Waals surface area contributed by atoms with Gasteiger partial charge in [-0.15, -0.1) is 0 Å². The molecule has 0 amide bonds. The van der Waals surface area contributed by atoms with Crippen molar-refractivity contribution >= 4 is 21.6 Å². The van der Waals surface area contributed by atoms with Crippen LogP contribution >= 0.6 is 15.9 Å². The van der Waals surface area contributed by atoms with E-state index in [4.69, 9.17) is 10.00 Å². The SMILES string of the molecule is Cc1cccc([N+](=O)[O-])c1Oc1cc(Br)ccc1C#N. The van der Waals surface area contributed by atoms with Crippen molar-refractivity contribution in [3.05, 3.63) is 62.1 Å². The Kier molecular flexibility index (Phi) is 4.01. The average Bonchev–Trinajstić information content (AvgIpc) is 2.41. The van der Waals surface area contributed by atoms with Crippen molar-refractivity contribution in [1.82, 2.24) is 0 Å². The molecule has 0 saturated carbocycles. The van der Waals surface area contributed by atoms with Crippen LogP contribution in [0.2, 0.25) is 0 Å². The Bertz CT molecular complexity index is 723. The number of rotatable bonds is 3. The lowest BCUT2D eigenvalue weighted by Crippen LogP contribution is -1.96. The molecule has 20 heavy (non-hydrogen) atoms. The molecule has 100 valence electrons. The van der Waals surface area contributed by atoms with Crippen molar-refractivity contribution in [3.8, 4) is 17.6 Å². The Hall–Kier alpha value is -2.39. The third kappa shape index (κ3) is 2.78. The maximum absolute atomic E-state index is 11.0. The molecule has 0 aromatic heterocycles. The van der Waals surface area contributed by atoms with Gasteiger partial charge in [0.05, 0.1) is 10.5 Å². The Labute approximate surface area is 123 Å². The molecule has 0 bridgehead atoms. The molecule has 0 spiro atoms. The zero-order valence-corrected chi connectivity index (χ0v) is 12.0. The summed E-state index contributed by atoms with van der Waals surface area (Å²) < 4.78 is 6.34. The van der Waals surface area contributed by atoms with Gasteiger partial charge in [-0.1, -0.05) is 28.1 Å². The van der Waals surface area contributed by atoms with Gasteiger partial charge in [-0.2, -0.15) is 5.26 Å². The normalized spacial score (nSPS) is 9.85. The number of nitriles is 1. The second-order valence-electron chi connectivity index (χ2n) is 4.03. The van der Waals surface area contributed by atoms with E-state index < -0.39 is 4.92 Å². The standard InChI is InChI=1S/C14H9BrN2O3/c1-9-3-2-4-12(17(18)19)14(9)20-13-7-11(15)6-5-10(13)8-16/h2-7H,1H3. The number of nitrogens with zero attached hydrogens (tertiary/aromatic N) is 2. The summed E-state index contributed by atoms with van der Waals surface area (Å²) >= 11 is 3.28. The summed E-state index contributed by atoms with van der Waals surface area (Å²) in [5, 5.41) is 20.1. The van der Waals surface area contributed by atoms with Crippen molar-refractivity contribution in [2.45, 2.75) is 6.92 Å². The molecule has 0 aliphatic heterocycles. The predicted octanol–water partition coefficient (Wildman–Crippen LogP) is 4.33. The molecule has 5 nitrogen and oxygen atoms in total. The van der Waals surface area contributed by atoms with Gasteiger partial charge in [-0.05, 0) is 30.7 Å². The Morgan fingerprint density at radius 1 is 1.35 bits per heavy atom. The van der Waals surface area contributed by atoms with Crippen LogP contribution in [-0.2, 0) is 0 Å². The maximum atomic E-state index is 11.0. The minimum absolute atomic E-state index is 0.131. The largest absolute Gasteiger partial charge is 0.448 e. The van der Waals surface area contributed by atoms with E-state index in [1.807, 2.05) is 6.07 Å². The summed E-state index contributed by atoms with van der Waals surface area (Å²) in [5.41, 5.74) is 0.808. The molecule has 0 aliphatic carbocycles. The summed E-state index contributed by atoms with van der Waals surface area (Å²) in [6.45, 7) is 1.71. The van der Waals surface area contributed by atoms with Crippen LogP contribution < -0.4 is 4.74 Å². The fourth-order valence-electron chi connectivity index (χ4n) is 1.70. The first-order valence-corrected chi connectivity index (χ1v) is 6.43. The van der Waals surface area contributed by atoms with Crippen LogP contribution in [0.3, 0.4) is 0 Å². The van der Waals surface area contributed by atoms with Gasteiger partial charge in [0, 0.05) is 10.5 Å². The van der Waals surface area contributed by atoms with Crippen LogP contribution in [0.15, 0.2) is 40.9 Å². The van der Waals surface area contributed by atoms with Crippen molar-refractivity contribution < 1.29 is 9.66 Å². The third-order valence-electron chi connectivity index (χ3n) is 2.66. The monoisotopic (exact) mass is 332 g/mol. The number of hydrogen-bond acceptors (Lipinski definition) is 4. The predicted molar refractivity (Wildman–Crippen MR) is 76.8 cm³/mol. The molecule has 0 radical (unpaired) electrons. The Balaban J connectivity index is 2.53. The third-order valence-corrected chi connectivity index (χ3v) is 3.16. The van der Waals surface area contributed by atoms with E-state index in [2.05, 4.69) is 15.9 Å². The topological polar surface area (TPSA) is 76.2 Å². The van der Waals surface area contributed by atoms with Crippen molar-refractivity contribution in [3.63, 3.8) is 0 Å². The molecular weight excluding hydrogens is 324 g/mol. The van der Waals surface area contributed by atoms with Gasteiger partial charge >= 0.3 is 5.69 Å². The first-order chi connectivity index (χ1) is 9.52. The second-order valence-corrected chi connectivity index (χ2v) is 4.95. The van der Waals surface area contributed by atoms with E-state index in [1.165, 1.54) is 6.07 Å². The molecule has 0 unspecified atom stereocenters. The molecule has 2 aromatic carbocycles. The number of halogens is 1. The summed E-state index contributed by atoms with van der Waals surface area (Å²) in [5.74, 6) is 0.423. The van der Waals surface area contributed by atoms with Crippen molar-refractivity contribution in [2.24, 2.45) is 0 Å². The van der Waals surface area contributed by atoms with Crippen LogP contribution in [0.1, 0.15) is 11.1 Å². The van der Waals surface area contributed by atoms with E-state index in [-0.39, 0.29) is 17.2 Å². The number of nitro groups is 1. The molecule has 0 atom stereocenters. The highest BCUT2D eigenvalue weighted by Gasteiger charge is 2.19. The minimum atomic E-state index is -0.508. The molecule has 0 N–H and O–H groups in total. The molecule has 0 fully saturated rings. The quantitative estimate of drug-likeness (QED) is 0.619. The summed E-state index contributed by atoms with van der Waals surface area (Å²) in [4.78, 5) is 10.5. The van der Waals surface area contributed by atoms with Gasteiger partial charge in [0.1, 0.15) is 11.8 Å². The maximum Gasteiger partial charge on any atom is 0.311 e. The van der Waals surface area contributed by atoms with Gasteiger partial charge in [0.25, 0.3) is 0 Å². The van der Waals surface area contributed by atoms with E-state index >= 15 is 0 Å². The average molecular weight is 333 g/mol. The van der Waals surface area contributed by atoms with Gasteiger partial charge in [-0.25, -0.2) is 0 Å². The number of para-hydroxylation sites is 1. The zero-order valence-electron chi connectivity index (χ0n) is 10.5. The van der Waals surface area contributed by atoms with Crippen LogP contribution in [0.5, 0.6) is 11.5 Å². The lowest BCUT2D eigenvalue weighted by Gasteiger charge is -2.10. The van der Waals surface area contributed by atoms with Crippen LogP contribution in [0.25, 0.3) is 0 Å². The first kappa shape index (κ1) is 14.0. The van der Waals surface area contributed by atoms with E-state index in [9.17, 15) is 10.1 Å². The van der Waals surface area contributed by atoms with Gasteiger partial charge in [-0.3, -0.25) is 10.1 Å². The van der Waals surface area contributed by atoms with Crippen LogP contribution in [0.4, 0.5) is 5.69 Å².